The maximum atomic E-state index is 17.1. The van der Waals surface area contributed by atoms with E-state index in [1.807, 2.05) is 0 Å². The molecule has 3 atom stereocenters. The molecule has 2 aromatic heterocycles. The van der Waals surface area contributed by atoms with Crippen LogP contribution in [-0.4, -0.2) is 82.5 Å². The Hall–Kier alpha value is -4.27. The van der Waals surface area contributed by atoms with Crippen molar-refractivity contribution in [3.63, 3.8) is 0 Å². The van der Waals surface area contributed by atoms with E-state index in [0.29, 0.717) is 36.3 Å². The Morgan fingerprint density at radius 2 is 1.94 bits per heavy atom. The van der Waals surface area contributed by atoms with Crippen molar-refractivity contribution in [2.75, 3.05) is 44.3 Å². The fourth-order valence-corrected chi connectivity index (χ4v) is 8.35. The van der Waals surface area contributed by atoms with E-state index in [4.69, 9.17) is 25.9 Å². The van der Waals surface area contributed by atoms with Crippen LogP contribution in [-0.2, 0) is 0 Å². The van der Waals surface area contributed by atoms with Gasteiger partial charge in [-0.25, -0.2) is 13.8 Å². The lowest BCUT2D eigenvalue weighted by Crippen LogP contribution is -2.60. The van der Waals surface area contributed by atoms with E-state index in [1.165, 1.54) is 37.1 Å². The molecule has 4 fully saturated rings. The predicted molar refractivity (Wildman–Crippen MR) is 178 cm³/mol. The van der Waals surface area contributed by atoms with Crippen molar-refractivity contribution in [3.05, 3.63) is 41.5 Å². The van der Waals surface area contributed by atoms with Crippen LogP contribution in [0.3, 0.4) is 0 Å². The van der Waals surface area contributed by atoms with Crippen molar-refractivity contribution in [1.82, 2.24) is 25.2 Å². The number of nitrogens with zero attached hydrogens (tertiary/aromatic N) is 5. The highest BCUT2D eigenvalue weighted by Gasteiger charge is 2.46. The number of piperazine rings is 1. The van der Waals surface area contributed by atoms with Crippen LogP contribution in [0.4, 0.5) is 14.6 Å². The number of fused-ring (bicyclic) bond motifs is 6. The first-order valence-corrected chi connectivity index (χ1v) is 17.1. The van der Waals surface area contributed by atoms with Crippen molar-refractivity contribution in [2.45, 2.75) is 63.6 Å². The summed E-state index contributed by atoms with van der Waals surface area (Å²) in [6.07, 6.45) is 12.4. The van der Waals surface area contributed by atoms with Crippen LogP contribution in [0.1, 0.15) is 51.0 Å². The van der Waals surface area contributed by atoms with Gasteiger partial charge in [0, 0.05) is 41.5 Å². The number of hydrogen-bond acceptors (Lipinski definition) is 9. The van der Waals surface area contributed by atoms with Gasteiger partial charge in [0.2, 0.25) is 5.88 Å². The van der Waals surface area contributed by atoms with E-state index in [0.717, 1.165) is 51.2 Å². The summed E-state index contributed by atoms with van der Waals surface area (Å²) in [5.74, 6) is 2.40. The topological polar surface area (TPSA) is 95.9 Å². The molecule has 9 nitrogen and oxygen atoms in total. The molecule has 5 aliphatic rings. The molecule has 0 unspecified atom stereocenters. The number of likely N-dealkylation sites (tertiary alicyclic amines) is 1. The number of benzene rings is 2. The lowest BCUT2D eigenvalue weighted by molar-refractivity contribution is 0.124. The third-order valence-electron chi connectivity index (χ3n) is 11.3. The van der Waals surface area contributed by atoms with E-state index in [-0.39, 0.29) is 68.9 Å². The molecule has 0 amide bonds. The number of hydrogen-bond donors (Lipinski definition) is 2. The number of ether oxygens (including phenoxy) is 2. The molecular weight excluding hydrogens is 614 g/mol. The van der Waals surface area contributed by atoms with Crippen molar-refractivity contribution in [2.24, 2.45) is 11.3 Å². The third-order valence-corrected chi connectivity index (χ3v) is 11.3. The number of aromatic nitrogens is 3. The molecular formula is C37H38F2N6O3. The Balaban J connectivity index is 1.17. The van der Waals surface area contributed by atoms with E-state index in [1.54, 1.807) is 0 Å². The van der Waals surface area contributed by atoms with Gasteiger partial charge in [-0.05, 0) is 81.1 Å². The number of anilines is 1. The second-order valence-electron chi connectivity index (χ2n) is 14.6. The van der Waals surface area contributed by atoms with E-state index >= 15 is 4.39 Å². The number of phenols is 1. The minimum absolute atomic E-state index is 0.00606. The predicted octanol–water partition coefficient (Wildman–Crippen LogP) is 5.40. The lowest BCUT2D eigenvalue weighted by Gasteiger charge is -2.40. The standard InChI is InChI=1S/C37H38F2N6O3/c1-3-24-26(38)6-4-21-14-23(46)15-25(29(21)24)32-31(39)33-30-34(45-16-22-5-7-27(40-22)28(45)17-47-35(30)41-32)43-36(42-33)48-19-37(10-11-37)18-44-12-8-20(2)9-13-44/h1,4,6,14-15,20,22,27-28,40,46H,5,7-13,16-19H2,2H3/t22-,27+,28-/m1/s1. The summed E-state index contributed by atoms with van der Waals surface area (Å²) in [6, 6.07) is 6.11. The van der Waals surface area contributed by atoms with Crippen molar-refractivity contribution in [1.29, 1.82) is 0 Å². The molecule has 2 aromatic carbocycles. The van der Waals surface area contributed by atoms with Gasteiger partial charge >= 0.3 is 6.01 Å². The second-order valence-corrected chi connectivity index (χ2v) is 14.6. The third kappa shape index (κ3) is 4.91. The fourth-order valence-electron chi connectivity index (χ4n) is 8.35. The average Bonchev–Trinajstić information content (AvgIpc) is 3.78. The zero-order valence-corrected chi connectivity index (χ0v) is 26.9. The Bertz CT molecular complexity index is 2000. The van der Waals surface area contributed by atoms with Crippen LogP contribution >= 0.6 is 0 Å². The molecule has 0 spiro atoms. The molecule has 6 heterocycles. The highest BCUT2D eigenvalue weighted by molar-refractivity contribution is 6.04. The van der Waals surface area contributed by atoms with Crippen LogP contribution < -0.4 is 19.7 Å². The first kappa shape index (κ1) is 29.8. The Morgan fingerprint density at radius 1 is 1.10 bits per heavy atom. The van der Waals surface area contributed by atoms with Crippen LogP contribution in [0.15, 0.2) is 24.3 Å². The number of halogens is 2. The van der Waals surface area contributed by atoms with Gasteiger partial charge in [0.15, 0.2) is 5.82 Å². The van der Waals surface area contributed by atoms with Gasteiger partial charge in [-0.3, -0.25) is 0 Å². The summed E-state index contributed by atoms with van der Waals surface area (Å²) in [5, 5.41) is 15.5. The SMILES string of the molecule is C#Cc1c(F)ccc2cc(O)cc(-c3nc4c5c(nc(OCC6(CN7CCC(C)CC7)CC6)nc5c3F)N3C[C@H]5CC[C@H](N5)[C@H]3CO4)c12. The van der Waals surface area contributed by atoms with E-state index in [2.05, 4.69) is 32.9 Å². The molecule has 1 saturated carbocycles. The maximum absolute atomic E-state index is 17.1. The summed E-state index contributed by atoms with van der Waals surface area (Å²) in [6.45, 7) is 6.95. The smallest absolute Gasteiger partial charge is 0.319 e. The average molecular weight is 653 g/mol. The van der Waals surface area contributed by atoms with E-state index in [9.17, 15) is 9.50 Å². The molecule has 0 radical (unpaired) electrons. The Kier molecular flexibility index (Phi) is 6.92. The second kappa shape index (κ2) is 11.1. The lowest BCUT2D eigenvalue weighted by atomic mass is 9.95. The monoisotopic (exact) mass is 652 g/mol. The summed E-state index contributed by atoms with van der Waals surface area (Å²) >= 11 is 0. The van der Waals surface area contributed by atoms with Gasteiger partial charge in [-0.1, -0.05) is 18.9 Å². The number of pyridine rings is 1. The normalized spacial score (nSPS) is 24.6. The quantitative estimate of drug-likeness (QED) is 0.266. The van der Waals surface area contributed by atoms with Gasteiger partial charge in [0.05, 0.1) is 18.2 Å². The molecule has 248 valence electrons. The number of piperidine rings is 1. The molecule has 1 aliphatic carbocycles. The minimum Gasteiger partial charge on any atom is -0.508 e. The van der Waals surface area contributed by atoms with Crippen LogP contribution in [0.25, 0.3) is 32.9 Å². The number of rotatable bonds is 6. The highest BCUT2D eigenvalue weighted by Crippen LogP contribution is 2.48. The molecule has 4 aliphatic heterocycles. The molecule has 9 rings (SSSR count). The summed E-state index contributed by atoms with van der Waals surface area (Å²) < 4.78 is 44.8. The molecule has 2 bridgehead atoms. The van der Waals surface area contributed by atoms with Gasteiger partial charge in [0.1, 0.15) is 40.6 Å². The van der Waals surface area contributed by atoms with Crippen LogP contribution in [0.2, 0.25) is 0 Å². The fraction of sp³-hybridized carbons (Fsp3) is 0.486. The molecule has 4 aromatic rings. The maximum Gasteiger partial charge on any atom is 0.319 e. The Morgan fingerprint density at radius 3 is 2.73 bits per heavy atom. The van der Waals surface area contributed by atoms with Crippen molar-refractivity contribution >= 4 is 27.5 Å². The van der Waals surface area contributed by atoms with Gasteiger partial charge in [-0.2, -0.15) is 9.97 Å². The van der Waals surface area contributed by atoms with Crippen LogP contribution in [0, 0.1) is 35.3 Å². The highest BCUT2D eigenvalue weighted by atomic mass is 19.1. The van der Waals surface area contributed by atoms with Crippen molar-refractivity contribution < 1.29 is 23.4 Å². The van der Waals surface area contributed by atoms with Crippen molar-refractivity contribution in [3.8, 4) is 41.2 Å². The Labute approximate surface area is 277 Å². The minimum atomic E-state index is -0.745. The zero-order valence-electron chi connectivity index (χ0n) is 26.9. The number of terminal acetylenes is 1. The van der Waals surface area contributed by atoms with Gasteiger partial charge in [0.25, 0.3) is 0 Å². The van der Waals surface area contributed by atoms with Gasteiger partial charge in [-0.15, -0.1) is 6.42 Å². The number of phenolic OH excluding ortho intramolecular Hbond substituents is 1. The molecule has 48 heavy (non-hydrogen) atoms. The molecule has 3 saturated heterocycles. The number of aromatic hydroxyl groups is 1. The largest absolute Gasteiger partial charge is 0.508 e. The molecule has 11 heteroatoms. The summed E-state index contributed by atoms with van der Waals surface area (Å²) in [4.78, 5) is 19.1. The first-order valence-electron chi connectivity index (χ1n) is 17.1. The first-order chi connectivity index (χ1) is 23.3. The zero-order chi connectivity index (χ0) is 32.7. The van der Waals surface area contributed by atoms with E-state index < -0.39 is 11.6 Å². The molecule has 2 N–H and O–H groups in total. The summed E-state index contributed by atoms with van der Waals surface area (Å²) in [7, 11) is 0. The van der Waals surface area contributed by atoms with Crippen LogP contribution in [0.5, 0.6) is 17.6 Å². The number of nitrogens with one attached hydrogen (secondary N) is 1. The summed E-state index contributed by atoms with van der Waals surface area (Å²) in [5.41, 5.74) is 0.00545. The van der Waals surface area contributed by atoms with Gasteiger partial charge < -0.3 is 29.7 Å².